The van der Waals surface area contributed by atoms with Crippen LogP contribution in [0.25, 0.3) is 16.5 Å². The number of ether oxygens (including phenoxy) is 2. The number of rotatable bonds is 4. The molecule has 2 aliphatic rings. The number of anilines is 1. The molecule has 1 saturated carbocycles. The molecule has 0 spiro atoms. The van der Waals surface area contributed by atoms with Gasteiger partial charge in [-0.05, 0) is 75.9 Å². The fourth-order valence-corrected chi connectivity index (χ4v) is 6.22. The number of ketones is 1. The SMILES string of the molecule is CCOc1cc(C2=C3C(=O)CC(C)(C)CC3c3c(ccc4ccccc34)N2)cc(I)c1OC. The van der Waals surface area contributed by atoms with Crippen LogP contribution < -0.4 is 14.8 Å². The van der Waals surface area contributed by atoms with E-state index in [1.165, 1.54) is 16.3 Å². The molecule has 0 saturated heterocycles. The number of fused-ring (bicyclic) bond motifs is 5. The minimum absolute atomic E-state index is 0.0489. The Labute approximate surface area is 208 Å². The van der Waals surface area contributed by atoms with Crippen LogP contribution in [0.15, 0.2) is 54.1 Å². The van der Waals surface area contributed by atoms with Crippen LogP contribution in [0.4, 0.5) is 5.69 Å². The molecule has 0 bridgehead atoms. The first kappa shape index (κ1) is 22.3. The van der Waals surface area contributed by atoms with Gasteiger partial charge in [-0.3, -0.25) is 4.79 Å². The van der Waals surface area contributed by atoms with Crippen molar-refractivity contribution in [1.29, 1.82) is 0 Å². The highest BCUT2D eigenvalue weighted by atomic mass is 127. The van der Waals surface area contributed by atoms with Crippen molar-refractivity contribution in [2.75, 3.05) is 19.0 Å². The molecular weight excluding hydrogens is 525 g/mol. The Morgan fingerprint density at radius 2 is 1.94 bits per heavy atom. The van der Waals surface area contributed by atoms with Gasteiger partial charge in [-0.15, -0.1) is 0 Å². The fraction of sp³-hybridized carbons (Fsp3) is 0.321. The van der Waals surface area contributed by atoms with Gasteiger partial charge in [0.1, 0.15) is 0 Å². The van der Waals surface area contributed by atoms with Gasteiger partial charge in [0, 0.05) is 29.2 Å². The Kier molecular flexibility index (Phi) is 5.63. The molecular formula is C28H28INO3. The number of carbonyl (C=O) groups is 1. The molecule has 1 atom stereocenters. The number of methoxy groups -OCH3 is 1. The Morgan fingerprint density at radius 3 is 2.70 bits per heavy atom. The van der Waals surface area contributed by atoms with E-state index in [1.807, 2.05) is 13.0 Å². The molecule has 1 aliphatic carbocycles. The molecule has 5 heteroatoms. The maximum absolute atomic E-state index is 13.6. The minimum Gasteiger partial charge on any atom is -0.492 e. The van der Waals surface area contributed by atoms with E-state index in [-0.39, 0.29) is 17.1 Å². The van der Waals surface area contributed by atoms with Gasteiger partial charge in [0.2, 0.25) is 0 Å². The molecule has 4 nitrogen and oxygen atoms in total. The third kappa shape index (κ3) is 3.80. The average molecular weight is 553 g/mol. The van der Waals surface area contributed by atoms with Crippen molar-refractivity contribution in [2.24, 2.45) is 5.41 Å². The van der Waals surface area contributed by atoms with E-state index in [2.05, 4.69) is 84.2 Å². The summed E-state index contributed by atoms with van der Waals surface area (Å²) in [6.45, 7) is 6.92. The third-order valence-electron chi connectivity index (χ3n) is 6.70. The highest BCUT2D eigenvalue weighted by Gasteiger charge is 2.43. The van der Waals surface area contributed by atoms with Crippen molar-refractivity contribution in [3.05, 3.63) is 68.8 Å². The number of benzene rings is 3. The zero-order valence-corrected chi connectivity index (χ0v) is 21.6. The van der Waals surface area contributed by atoms with Crippen LogP contribution in [0.3, 0.4) is 0 Å². The van der Waals surface area contributed by atoms with Crippen LogP contribution >= 0.6 is 22.6 Å². The lowest BCUT2D eigenvalue weighted by Gasteiger charge is -2.41. The van der Waals surface area contributed by atoms with E-state index in [1.54, 1.807) is 7.11 Å². The first-order valence-electron chi connectivity index (χ1n) is 11.4. The molecule has 1 heterocycles. The van der Waals surface area contributed by atoms with E-state index in [0.717, 1.165) is 38.3 Å². The number of Topliss-reactive ketones (excluding diaryl/α,β-unsaturated/α-hetero) is 1. The maximum Gasteiger partial charge on any atom is 0.174 e. The van der Waals surface area contributed by atoms with Gasteiger partial charge in [0.15, 0.2) is 17.3 Å². The number of nitrogens with one attached hydrogen (secondary N) is 1. The normalized spacial score (nSPS) is 19.1. The van der Waals surface area contributed by atoms with Gasteiger partial charge in [-0.25, -0.2) is 0 Å². The first-order valence-corrected chi connectivity index (χ1v) is 12.5. The summed E-state index contributed by atoms with van der Waals surface area (Å²) in [7, 11) is 1.66. The molecule has 1 aliphatic heterocycles. The second-order valence-electron chi connectivity index (χ2n) is 9.60. The monoisotopic (exact) mass is 553 g/mol. The summed E-state index contributed by atoms with van der Waals surface area (Å²) < 4.78 is 12.4. The van der Waals surface area contributed by atoms with E-state index in [4.69, 9.17) is 9.47 Å². The second kappa shape index (κ2) is 8.35. The van der Waals surface area contributed by atoms with Crippen LogP contribution in [-0.4, -0.2) is 19.5 Å². The summed E-state index contributed by atoms with van der Waals surface area (Å²) in [4.78, 5) is 13.6. The molecule has 170 valence electrons. The number of allylic oxidation sites excluding steroid dienone is 1. The molecule has 0 radical (unpaired) electrons. The predicted molar refractivity (Wildman–Crippen MR) is 142 cm³/mol. The van der Waals surface area contributed by atoms with Crippen molar-refractivity contribution < 1.29 is 14.3 Å². The Balaban J connectivity index is 1.76. The molecule has 0 aromatic heterocycles. The number of carbonyl (C=O) groups excluding carboxylic acids is 1. The predicted octanol–water partition coefficient (Wildman–Crippen LogP) is 7.16. The quantitative estimate of drug-likeness (QED) is 0.349. The third-order valence-corrected chi connectivity index (χ3v) is 7.50. The van der Waals surface area contributed by atoms with Crippen LogP contribution in [0.1, 0.15) is 50.7 Å². The lowest BCUT2D eigenvalue weighted by molar-refractivity contribution is -0.119. The van der Waals surface area contributed by atoms with Gasteiger partial charge in [-0.2, -0.15) is 0 Å². The number of hydrogen-bond donors (Lipinski definition) is 1. The van der Waals surface area contributed by atoms with Crippen molar-refractivity contribution in [1.82, 2.24) is 0 Å². The van der Waals surface area contributed by atoms with Crippen molar-refractivity contribution in [3.8, 4) is 11.5 Å². The maximum atomic E-state index is 13.6. The highest BCUT2D eigenvalue weighted by molar-refractivity contribution is 14.1. The van der Waals surface area contributed by atoms with Crippen LogP contribution in [0.5, 0.6) is 11.5 Å². The zero-order valence-electron chi connectivity index (χ0n) is 19.4. The van der Waals surface area contributed by atoms with Gasteiger partial charge in [0.25, 0.3) is 0 Å². The summed E-state index contributed by atoms with van der Waals surface area (Å²) in [5, 5.41) is 6.08. The Morgan fingerprint density at radius 1 is 1.15 bits per heavy atom. The van der Waals surface area contributed by atoms with Crippen LogP contribution in [-0.2, 0) is 4.79 Å². The van der Waals surface area contributed by atoms with E-state index in [0.29, 0.717) is 18.8 Å². The van der Waals surface area contributed by atoms with Crippen molar-refractivity contribution >= 4 is 50.5 Å². The summed E-state index contributed by atoms with van der Waals surface area (Å²) in [6.07, 6.45) is 1.49. The Bertz CT molecular complexity index is 1310. The molecule has 33 heavy (non-hydrogen) atoms. The molecule has 1 N–H and O–H groups in total. The largest absolute Gasteiger partial charge is 0.492 e. The first-order chi connectivity index (χ1) is 15.8. The second-order valence-corrected chi connectivity index (χ2v) is 10.8. The van der Waals surface area contributed by atoms with Gasteiger partial charge < -0.3 is 14.8 Å². The summed E-state index contributed by atoms with van der Waals surface area (Å²) in [6, 6.07) is 16.8. The molecule has 3 aromatic carbocycles. The van der Waals surface area contributed by atoms with Crippen LogP contribution in [0, 0.1) is 8.99 Å². The summed E-state index contributed by atoms with van der Waals surface area (Å²) in [5.41, 5.74) is 5.00. The molecule has 1 unspecified atom stereocenters. The smallest absolute Gasteiger partial charge is 0.174 e. The number of halogens is 1. The lowest BCUT2D eigenvalue weighted by atomic mass is 9.64. The van der Waals surface area contributed by atoms with Gasteiger partial charge in [-0.1, -0.05) is 44.2 Å². The standard InChI is InChI=1S/C28H28INO3/c1-5-33-23-13-17(12-20(29)27(23)32-4)26-25-19(14-28(2,3)15-22(25)31)24-18-9-7-6-8-16(18)10-11-21(24)30-26/h6-13,19,30H,5,14-15H2,1-4H3. The number of hydrogen-bond acceptors (Lipinski definition) is 4. The highest BCUT2D eigenvalue weighted by Crippen LogP contribution is 2.53. The summed E-state index contributed by atoms with van der Waals surface area (Å²) >= 11 is 2.28. The minimum atomic E-state index is -0.0489. The fourth-order valence-electron chi connectivity index (χ4n) is 5.39. The van der Waals surface area contributed by atoms with E-state index < -0.39 is 0 Å². The van der Waals surface area contributed by atoms with E-state index >= 15 is 0 Å². The van der Waals surface area contributed by atoms with Gasteiger partial charge >= 0.3 is 0 Å². The molecule has 1 fully saturated rings. The zero-order chi connectivity index (χ0) is 23.3. The molecule has 5 rings (SSSR count). The van der Waals surface area contributed by atoms with Gasteiger partial charge in [0.05, 0.1) is 23.0 Å². The van der Waals surface area contributed by atoms with Crippen molar-refractivity contribution in [3.63, 3.8) is 0 Å². The molecule has 3 aromatic rings. The lowest BCUT2D eigenvalue weighted by Crippen LogP contribution is -2.34. The van der Waals surface area contributed by atoms with Crippen LogP contribution in [0.2, 0.25) is 0 Å². The topological polar surface area (TPSA) is 47.6 Å². The van der Waals surface area contributed by atoms with Crippen molar-refractivity contribution in [2.45, 2.75) is 39.5 Å². The van der Waals surface area contributed by atoms with E-state index in [9.17, 15) is 4.79 Å². The summed E-state index contributed by atoms with van der Waals surface area (Å²) in [5.74, 6) is 1.69. The Hall–Kier alpha value is -2.54. The molecule has 0 amide bonds. The average Bonchev–Trinajstić information content (AvgIpc) is 2.77.